The molecule has 7 heteroatoms. The van der Waals surface area contributed by atoms with Crippen LogP contribution >= 0.6 is 0 Å². The predicted molar refractivity (Wildman–Crippen MR) is 129 cm³/mol. The molecule has 1 amide bonds. The molecular weight excluding hydrogens is 432 g/mol. The highest BCUT2D eigenvalue weighted by molar-refractivity contribution is 6.09. The predicted octanol–water partition coefficient (Wildman–Crippen LogP) is 5.17. The second-order valence-corrected chi connectivity index (χ2v) is 7.25. The van der Waals surface area contributed by atoms with Crippen LogP contribution in [0.5, 0.6) is 17.2 Å². The van der Waals surface area contributed by atoms with Gasteiger partial charge in [-0.25, -0.2) is 4.79 Å². The summed E-state index contributed by atoms with van der Waals surface area (Å²) in [6.07, 6.45) is 1.45. The summed E-state index contributed by atoms with van der Waals surface area (Å²) in [6.45, 7) is 4.08. The molecule has 0 fully saturated rings. The maximum absolute atomic E-state index is 12.5. The standard InChI is InChI=1S/C27H24N2O5/c1-4-33-25-16-19(15-21(17-28)26(30)29-22-10-5-18(2)6-11-22)7-14-24(25)34-27(31)20-8-12-23(32-3)13-9-20/h5-16H,4H2,1-3H3,(H,29,30)/b21-15+. The molecule has 1 N–H and O–H groups in total. The molecule has 3 aromatic rings. The number of hydrogen-bond acceptors (Lipinski definition) is 6. The van der Waals surface area contributed by atoms with Crippen molar-refractivity contribution in [3.8, 4) is 23.3 Å². The molecule has 0 heterocycles. The SMILES string of the molecule is CCOc1cc(/C=C(\C#N)C(=O)Nc2ccc(C)cc2)ccc1OC(=O)c1ccc(OC)cc1. The van der Waals surface area contributed by atoms with E-state index in [1.165, 1.54) is 6.08 Å². The fourth-order valence-electron chi connectivity index (χ4n) is 3.00. The van der Waals surface area contributed by atoms with Crippen LogP contribution in [0.2, 0.25) is 0 Å². The molecule has 34 heavy (non-hydrogen) atoms. The van der Waals surface area contributed by atoms with Gasteiger partial charge >= 0.3 is 5.97 Å². The molecule has 0 unspecified atom stereocenters. The Bertz CT molecular complexity index is 1240. The lowest BCUT2D eigenvalue weighted by molar-refractivity contribution is -0.112. The Hall–Kier alpha value is -4.57. The third kappa shape index (κ3) is 6.24. The molecule has 0 saturated carbocycles. The van der Waals surface area contributed by atoms with E-state index in [9.17, 15) is 14.9 Å². The van der Waals surface area contributed by atoms with E-state index in [0.29, 0.717) is 34.9 Å². The van der Waals surface area contributed by atoms with Crippen molar-refractivity contribution in [1.29, 1.82) is 5.26 Å². The van der Waals surface area contributed by atoms with E-state index in [-0.39, 0.29) is 11.3 Å². The molecule has 0 atom stereocenters. The third-order valence-electron chi connectivity index (χ3n) is 4.78. The molecule has 0 spiro atoms. The van der Waals surface area contributed by atoms with Crippen LogP contribution in [0, 0.1) is 18.3 Å². The van der Waals surface area contributed by atoms with E-state index in [1.54, 1.807) is 68.6 Å². The topological polar surface area (TPSA) is 97.6 Å². The maximum Gasteiger partial charge on any atom is 0.343 e. The van der Waals surface area contributed by atoms with Crippen LogP contribution < -0.4 is 19.5 Å². The summed E-state index contributed by atoms with van der Waals surface area (Å²) in [6, 6.07) is 20.5. The summed E-state index contributed by atoms with van der Waals surface area (Å²) >= 11 is 0. The van der Waals surface area contributed by atoms with Crippen molar-refractivity contribution in [2.24, 2.45) is 0 Å². The van der Waals surface area contributed by atoms with E-state index in [2.05, 4.69) is 5.32 Å². The Morgan fingerprint density at radius 1 is 1.00 bits per heavy atom. The minimum absolute atomic E-state index is 0.0778. The Labute approximate surface area is 198 Å². The number of methoxy groups -OCH3 is 1. The summed E-state index contributed by atoms with van der Waals surface area (Å²) < 4.78 is 16.2. The first kappa shape index (κ1) is 24.1. The molecule has 0 saturated heterocycles. The lowest BCUT2D eigenvalue weighted by Gasteiger charge is -2.12. The fourth-order valence-corrected chi connectivity index (χ4v) is 3.00. The molecular formula is C27H24N2O5. The Kier molecular flexibility index (Phi) is 8.03. The van der Waals surface area contributed by atoms with Crippen LogP contribution in [0.3, 0.4) is 0 Å². The van der Waals surface area contributed by atoms with Gasteiger partial charge in [0.2, 0.25) is 0 Å². The zero-order valence-corrected chi connectivity index (χ0v) is 19.1. The molecule has 7 nitrogen and oxygen atoms in total. The van der Waals surface area contributed by atoms with Crippen LogP contribution in [0.1, 0.15) is 28.4 Å². The van der Waals surface area contributed by atoms with Gasteiger partial charge in [0.15, 0.2) is 11.5 Å². The van der Waals surface area contributed by atoms with E-state index in [0.717, 1.165) is 5.56 Å². The van der Waals surface area contributed by atoms with Gasteiger partial charge in [0.1, 0.15) is 17.4 Å². The molecule has 0 bridgehead atoms. The molecule has 0 aliphatic carbocycles. The number of nitrogens with one attached hydrogen (secondary N) is 1. The normalized spacial score (nSPS) is 10.7. The summed E-state index contributed by atoms with van der Waals surface area (Å²) in [4.78, 5) is 25.1. The first-order chi connectivity index (χ1) is 16.4. The average Bonchev–Trinajstić information content (AvgIpc) is 2.85. The minimum atomic E-state index is -0.554. The van der Waals surface area contributed by atoms with Crippen molar-refractivity contribution in [2.75, 3.05) is 19.0 Å². The van der Waals surface area contributed by atoms with E-state index in [1.807, 2.05) is 25.1 Å². The van der Waals surface area contributed by atoms with Crippen molar-refractivity contribution in [1.82, 2.24) is 0 Å². The molecule has 3 rings (SSSR count). The monoisotopic (exact) mass is 456 g/mol. The van der Waals surface area contributed by atoms with Crippen molar-refractivity contribution < 1.29 is 23.8 Å². The van der Waals surface area contributed by atoms with Crippen molar-refractivity contribution >= 4 is 23.6 Å². The second kappa shape index (κ2) is 11.3. The number of carbonyl (C=O) groups is 2. The van der Waals surface area contributed by atoms with E-state index in [4.69, 9.17) is 14.2 Å². The van der Waals surface area contributed by atoms with Crippen molar-refractivity contribution in [3.63, 3.8) is 0 Å². The van der Waals surface area contributed by atoms with Crippen LogP contribution in [0.15, 0.2) is 72.3 Å². The van der Waals surface area contributed by atoms with Gasteiger partial charge in [0.05, 0.1) is 19.3 Å². The number of amides is 1. The maximum atomic E-state index is 12.5. The van der Waals surface area contributed by atoms with E-state index < -0.39 is 11.9 Å². The van der Waals surface area contributed by atoms with Crippen molar-refractivity contribution in [3.05, 3.63) is 89.0 Å². The van der Waals surface area contributed by atoms with Crippen LogP contribution in [0.25, 0.3) is 6.08 Å². The number of esters is 1. The van der Waals surface area contributed by atoms with Gasteiger partial charge in [0.25, 0.3) is 5.91 Å². The minimum Gasteiger partial charge on any atom is -0.497 e. The summed E-state index contributed by atoms with van der Waals surface area (Å²) in [5.74, 6) is 0.0839. The highest BCUT2D eigenvalue weighted by atomic mass is 16.6. The molecule has 0 aromatic heterocycles. The number of nitriles is 1. The van der Waals surface area contributed by atoms with Crippen molar-refractivity contribution in [2.45, 2.75) is 13.8 Å². The number of aryl methyl sites for hydroxylation is 1. The van der Waals surface area contributed by atoms with Crippen LogP contribution in [0.4, 0.5) is 5.69 Å². The largest absolute Gasteiger partial charge is 0.497 e. The number of carbonyl (C=O) groups excluding carboxylic acids is 2. The van der Waals surface area contributed by atoms with Gasteiger partial charge in [-0.05, 0) is 74.0 Å². The first-order valence-electron chi connectivity index (χ1n) is 10.6. The number of rotatable bonds is 8. The molecule has 172 valence electrons. The Morgan fingerprint density at radius 3 is 2.32 bits per heavy atom. The second-order valence-electron chi connectivity index (χ2n) is 7.25. The molecule has 0 radical (unpaired) electrons. The van der Waals surface area contributed by atoms with Gasteiger partial charge < -0.3 is 19.5 Å². The Morgan fingerprint density at radius 2 is 1.71 bits per heavy atom. The Balaban J connectivity index is 1.80. The van der Waals surface area contributed by atoms with E-state index >= 15 is 0 Å². The number of benzene rings is 3. The highest BCUT2D eigenvalue weighted by Gasteiger charge is 2.15. The van der Waals surface area contributed by atoms with Gasteiger partial charge in [-0.1, -0.05) is 23.8 Å². The fraction of sp³-hybridized carbons (Fsp3) is 0.148. The van der Waals surface area contributed by atoms with Gasteiger partial charge in [0, 0.05) is 5.69 Å². The zero-order chi connectivity index (χ0) is 24.5. The lowest BCUT2D eigenvalue weighted by Crippen LogP contribution is -2.13. The summed E-state index contributed by atoms with van der Waals surface area (Å²) in [7, 11) is 1.54. The van der Waals surface area contributed by atoms with Gasteiger partial charge in [-0.2, -0.15) is 5.26 Å². The average molecular weight is 456 g/mol. The molecule has 0 aliphatic heterocycles. The molecule has 3 aromatic carbocycles. The number of hydrogen-bond donors (Lipinski definition) is 1. The first-order valence-corrected chi connectivity index (χ1v) is 10.6. The number of nitrogens with zero attached hydrogens (tertiary/aromatic N) is 1. The van der Waals surface area contributed by atoms with Crippen LogP contribution in [-0.2, 0) is 4.79 Å². The quantitative estimate of drug-likeness (QED) is 0.217. The number of ether oxygens (including phenoxy) is 3. The lowest BCUT2D eigenvalue weighted by atomic mass is 10.1. The highest BCUT2D eigenvalue weighted by Crippen LogP contribution is 2.30. The molecule has 0 aliphatic rings. The zero-order valence-electron chi connectivity index (χ0n) is 19.1. The van der Waals surface area contributed by atoms with Crippen LogP contribution in [-0.4, -0.2) is 25.6 Å². The smallest absolute Gasteiger partial charge is 0.343 e. The summed E-state index contributed by atoms with van der Waals surface area (Å²) in [5, 5.41) is 12.2. The van der Waals surface area contributed by atoms with Gasteiger partial charge in [-0.15, -0.1) is 0 Å². The number of anilines is 1. The third-order valence-corrected chi connectivity index (χ3v) is 4.78. The summed E-state index contributed by atoms with van der Waals surface area (Å²) in [5.41, 5.74) is 2.47. The van der Waals surface area contributed by atoms with Gasteiger partial charge in [-0.3, -0.25) is 4.79 Å².